The maximum atomic E-state index is 12.4. The number of aromatic amines is 1. The minimum Gasteiger partial charge on any atom is -0.354 e. The fourth-order valence-electron chi connectivity index (χ4n) is 3.56. The number of H-pyrrole nitrogens is 1. The Morgan fingerprint density at radius 2 is 1.62 bits per heavy atom. The van der Waals surface area contributed by atoms with Crippen LogP contribution in [0.2, 0.25) is 10.0 Å². The molecule has 1 fully saturated rings. The number of amidine groups is 1. The monoisotopic (exact) mass is 478 g/mol. The summed E-state index contributed by atoms with van der Waals surface area (Å²) in [6, 6.07) is 22.7. The van der Waals surface area contributed by atoms with E-state index in [1.807, 2.05) is 48.5 Å². The molecule has 8 heteroatoms. The zero-order valence-electron chi connectivity index (χ0n) is 16.6. The number of para-hydroxylation sites is 1. The number of amides is 1. The molecule has 0 saturated carbocycles. The number of rotatable bonds is 4. The summed E-state index contributed by atoms with van der Waals surface area (Å²) in [5.74, 6) is 0.278. The molecule has 1 N–H and O–H groups in total. The van der Waals surface area contributed by atoms with Gasteiger partial charge in [-0.05, 0) is 48.0 Å². The summed E-state index contributed by atoms with van der Waals surface area (Å²) in [6.45, 7) is 0. The van der Waals surface area contributed by atoms with Crippen LogP contribution in [0.25, 0.3) is 22.2 Å². The highest BCUT2D eigenvalue weighted by atomic mass is 35.5. The van der Waals surface area contributed by atoms with Gasteiger partial charge in [0.2, 0.25) is 5.91 Å². The molecular weight excluding hydrogens is 463 g/mol. The molecular formula is C24H16Cl2N4OS. The van der Waals surface area contributed by atoms with Crippen molar-refractivity contribution in [2.24, 2.45) is 10.2 Å². The second kappa shape index (κ2) is 8.82. The van der Waals surface area contributed by atoms with Crippen LogP contribution in [-0.4, -0.2) is 28.0 Å². The Kier molecular flexibility index (Phi) is 5.74. The van der Waals surface area contributed by atoms with E-state index in [1.54, 1.807) is 35.4 Å². The summed E-state index contributed by atoms with van der Waals surface area (Å²) in [5, 5.41) is 11.6. The fourth-order valence-corrected chi connectivity index (χ4v) is 4.63. The lowest BCUT2D eigenvalue weighted by Gasteiger charge is -2.14. The van der Waals surface area contributed by atoms with Crippen molar-refractivity contribution in [3.8, 4) is 11.3 Å². The highest BCUT2D eigenvalue weighted by molar-refractivity contribution is 8.15. The number of thioether (sulfide) groups is 1. The number of carbonyl (C=O) groups excluding carboxylic acids is 1. The first-order chi connectivity index (χ1) is 15.6. The number of aromatic nitrogens is 1. The van der Waals surface area contributed by atoms with Gasteiger partial charge < -0.3 is 4.98 Å². The molecule has 4 aromatic rings. The van der Waals surface area contributed by atoms with Crippen LogP contribution < -0.4 is 4.90 Å². The molecule has 0 radical (unpaired) electrons. The Labute approximate surface area is 198 Å². The van der Waals surface area contributed by atoms with Gasteiger partial charge in [-0.2, -0.15) is 5.10 Å². The lowest BCUT2D eigenvalue weighted by molar-refractivity contribution is -0.115. The van der Waals surface area contributed by atoms with E-state index in [0.29, 0.717) is 26.7 Å². The summed E-state index contributed by atoms with van der Waals surface area (Å²) in [7, 11) is 0. The minimum absolute atomic E-state index is 0.0415. The summed E-state index contributed by atoms with van der Waals surface area (Å²) in [4.78, 5) is 17.5. The molecule has 0 bridgehead atoms. The van der Waals surface area contributed by atoms with Gasteiger partial charge in [0.05, 0.1) is 23.3 Å². The molecule has 1 aliphatic heterocycles. The van der Waals surface area contributed by atoms with Crippen molar-refractivity contribution in [3.05, 3.63) is 88.4 Å². The molecule has 158 valence electrons. The van der Waals surface area contributed by atoms with Crippen LogP contribution in [0.4, 0.5) is 5.69 Å². The van der Waals surface area contributed by atoms with E-state index in [-0.39, 0.29) is 5.91 Å². The van der Waals surface area contributed by atoms with Gasteiger partial charge in [-0.25, -0.2) is 0 Å². The van der Waals surface area contributed by atoms with Crippen LogP contribution in [0, 0.1) is 0 Å². The molecule has 5 rings (SSSR count). The molecule has 0 spiro atoms. The average Bonchev–Trinajstić information content (AvgIpc) is 3.36. The number of halogens is 2. The Hall–Kier alpha value is -3.06. The van der Waals surface area contributed by atoms with Crippen LogP contribution >= 0.6 is 35.0 Å². The Morgan fingerprint density at radius 3 is 2.38 bits per heavy atom. The number of hydrogen-bond donors (Lipinski definition) is 1. The number of carbonyl (C=O) groups is 1. The number of nitrogens with one attached hydrogen (secondary N) is 1. The van der Waals surface area contributed by atoms with Crippen LogP contribution in [-0.2, 0) is 4.79 Å². The van der Waals surface area contributed by atoms with Crippen molar-refractivity contribution in [3.63, 3.8) is 0 Å². The topological polar surface area (TPSA) is 60.8 Å². The first-order valence-electron chi connectivity index (χ1n) is 9.79. The van der Waals surface area contributed by atoms with Crippen molar-refractivity contribution < 1.29 is 4.79 Å². The van der Waals surface area contributed by atoms with Crippen molar-refractivity contribution in [1.82, 2.24) is 4.98 Å². The predicted octanol–water partition coefficient (Wildman–Crippen LogP) is 6.61. The quantitative estimate of drug-likeness (QED) is 0.264. The first-order valence-corrected chi connectivity index (χ1v) is 11.5. The van der Waals surface area contributed by atoms with Gasteiger partial charge in [-0.1, -0.05) is 65.3 Å². The summed E-state index contributed by atoms with van der Waals surface area (Å²) in [5.41, 5.74) is 4.55. The molecule has 3 aromatic carbocycles. The number of nitrogens with zero attached hydrogens (tertiary/aromatic N) is 3. The highest BCUT2D eigenvalue weighted by Gasteiger charge is 2.29. The van der Waals surface area contributed by atoms with E-state index in [1.165, 1.54) is 11.8 Å². The molecule has 1 aliphatic rings. The second-order valence-electron chi connectivity index (χ2n) is 7.09. The van der Waals surface area contributed by atoms with E-state index < -0.39 is 0 Å². The zero-order valence-corrected chi connectivity index (χ0v) is 19.0. The van der Waals surface area contributed by atoms with Gasteiger partial charge in [0, 0.05) is 26.5 Å². The summed E-state index contributed by atoms with van der Waals surface area (Å²) >= 11 is 13.4. The molecule has 1 amide bonds. The molecule has 0 atom stereocenters. The van der Waals surface area contributed by atoms with Gasteiger partial charge in [0.1, 0.15) is 0 Å². The number of hydrogen-bond acceptors (Lipinski definition) is 4. The molecule has 1 aromatic heterocycles. The van der Waals surface area contributed by atoms with Crippen molar-refractivity contribution in [2.45, 2.75) is 0 Å². The molecule has 2 heterocycles. The molecule has 1 saturated heterocycles. The van der Waals surface area contributed by atoms with Gasteiger partial charge in [-0.15, -0.1) is 5.10 Å². The van der Waals surface area contributed by atoms with E-state index >= 15 is 0 Å². The maximum Gasteiger partial charge on any atom is 0.243 e. The van der Waals surface area contributed by atoms with Crippen LogP contribution in [0.3, 0.4) is 0 Å². The normalized spacial score (nSPS) is 15.5. The number of anilines is 1. The third-order valence-electron chi connectivity index (χ3n) is 5.06. The van der Waals surface area contributed by atoms with Crippen LogP contribution in [0.15, 0.2) is 83.0 Å². The minimum atomic E-state index is -0.0415. The van der Waals surface area contributed by atoms with Crippen molar-refractivity contribution in [1.29, 1.82) is 0 Å². The van der Waals surface area contributed by atoms with Gasteiger partial charge >= 0.3 is 0 Å². The SMILES string of the molecule is O=C1CS/C(=N/N=C/c2c(-c3ccc(Cl)cc3)[nH]c3ccccc23)N1c1ccc(Cl)cc1. The zero-order chi connectivity index (χ0) is 22.1. The fraction of sp³-hybridized carbons (Fsp3) is 0.0417. The predicted molar refractivity (Wildman–Crippen MR) is 135 cm³/mol. The average molecular weight is 479 g/mol. The Morgan fingerprint density at radius 1 is 0.938 bits per heavy atom. The third-order valence-corrected chi connectivity index (χ3v) is 6.48. The number of fused-ring (bicyclic) bond motifs is 1. The van der Waals surface area contributed by atoms with Crippen molar-refractivity contribution >= 4 is 68.8 Å². The third kappa shape index (κ3) is 4.05. The van der Waals surface area contributed by atoms with E-state index in [0.717, 1.165) is 27.7 Å². The molecule has 5 nitrogen and oxygen atoms in total. The van der Waals surface area contributed by atoms with Crippen LogP contribution in [0.5, 0.6) is 0 Å². The lowest BCUT2D eigenvalue weighted by atomic mass is 10.1. The standard InChI is InChI=1S/C24H16Cl2N4OS/c25-16-7-5-15(6-8-16)23-20(19-3-1-2-4-21(19)28-23)13-27-29-24-30(22(31)14-32-24)18-11-9-17(26)10-12-18/h1-13,28H,14H2/b27-13+,29-24+. The largest absolute Gasteiger partial charge is 0.354 e. The van der Waals surface area contributed by atoms with E-state index in [2.05, 4.69) is 15.2 Å². The maximum absolute atomic E-state index is 12.4. The molecule has 0 aliphatic carbocycles. The Bertz CT molecular complexity index is 1360. The van der Waals surface area contributed by atoms with Gasteiger partial charge in [-0.3, -0.25) is 9.69 Å². The van der Waals surface area contributed by atoms with E-state index in [9.17, 15) is 4.79 Å². The van der Waals surface area contributed by atoms with Gasteiger partial charge in [0.25, 0.3) is 0 Å². The van der Waals surface area contributed by atoms with Crippen LogP contribution in [0.1, 0.15) is 5.56 Å². The molecule has 32 heavy (non-hydrogen) atoms. The number of benzene rings is 3. The second-order valence-corrected chi connectivity index (χ2v) is 8.90. The van der Waals surface area contributed by atoms with Crippen molar-refractivity contribution in [2.75, 3.05) is 10.7 Å². The van der Waals surface area contributed by atoms with E-state index in [4.69, 9.17) is 23.2 Å². The highest BCUT2D eigenvalue weighted by Crippen LogP contribution is 2.31. The first kappa shape index (κ1) is 20.8. The smallest absolute Gasteiger partial charge is 0.243 e. The lowest BCUT2D eigenvalue weighted by Crippen LogP contribution is -2.28. The summed E-state index contributed by atoms with van der Waals surface area (Å²) < 4.78 is 0. The summed E-state index contributed by atoms with van der Waals surface area (Å²) in [6.07, 6.45) is 1.72. The Balaban J connectivity index is 1.52. The molecule has 0 unspecified atom stereocenters. The van der Waals surface area contributed by atoms with Gasteiger partial charge in [0.15, 0.2) is 5.17 Å².